The first-order valence-corrected chi connectivity index (χ1v) is 7.17. The number of allylic oxidation sites excluding steroid dienone is 4. The van der Waals surface area contributed by atoms with Crippen LogP contribution in [0.5, 0.6) is 0 Å². The van der Waals surface area contributed by atoms with Crippen molar-refractivity contribution in [2.45, 2.75) is 26.7 Å². The van der Waals surface area contributed by atoms with E-state index in [2.05, 4.69) is 86.7 Å². The van der Waals surface area contributed by atoms with Crippen LogP contribution in [0.1, 0.15) is 28.7 Å². The van der Waals surface area contributed by atoms with Crippen molar-refractivity contribution >= 4 is 0 Å². The average molecular weight is 262 g/mol. The van der Waals surface area contributed by atoms with E-state index < -0.39 is 0 Å². The summed E-state index contributed by atoms with van der Waals surface area (Å²) in [7, 11) is 0. The van der Waals surface area contributed by atoms with Gasteiger partial charge >= 0.3 is 0 Å². The molecule has 0 saturated heterocycles. The van der Waals surface area contributed by atoms with Gasteiger partial charge in [0.1, 0.15) is 0 Å². The third-order valence-electron chi connectivity index (χ3n) is 3.30. The molecule has 0 heterocycles. The number of aryl methyl sites for hydroxylation is 2. The first-order valence-electron chi connectivity index (χ1n) is 7.17. The zero-order valence-corrected chi connectivity index (χ0v) is 12.3. The normalized spacial score (nSPS) is 12.1. The molecule has 1 aliphatic rings. The van der Waals surface area contributed by atoms with Gasteiger partial charge in [-0.2, -0.15) is 0 Å². The lowest BCUT2D eigenvalue weighted by Crippen LogP contribution is -1.88. The number of hydrogen-bond acceptors (Lipinski definition) is 0. The van der Waals surface area contributed by atoms with E-state index in [9.17, 15) is 0 Å². The molecule has 0 unspecified atom stereocenters. The van der Waals surface area contributed by atoms with E-state index in [-0.39, 0.29) is 0 Å². The van der Waals surface area contributed by atoms with Crippen LogP contribution in [-0.4, -0.2) is 0 Å². The Balaban J connectivity index is 0.000000247. The average Bonchev–Trinajstić information content (AvgIpc) is 3.03. The van der Waals surface area contributed by atoms with Gasteiger partial charge in [0.05, 0.1) is 0 Å². The van der Waals surface area contributed by atoms with Crippen LogP contribution in [0.25, 0.3) is 0 Å². The second-order valence-electron chi connectivity index (χ2n) is 5.24. The molecule has 3 rings (SSSR count). The van der Waals surface area contributed by atoms with Gasteiger partial charge in [-0.15, -0.1) is 0 Å². The fourth-order valence-electron chi connectivity index (χ4n) is 2.04. The van der Waals surface area contributed by atoms with E-state index in [1.54, 1.807) is 0 Å². The minimum Gasteiger partial charge on any atom is -0.0808 e. The summed E-state index contributed by atoms with van der Waals surface area (Å²) < 4.78 is 0. The molecular weight excluding hydrogens is 240 g/mol. The van der Waals surface area contributed by atoms with Crippen molar-refractivity contribution in [2.75, 3.05) is 0 Å². The summed E-state index contributed by atoms with van der Waals surface area (Å²) in [6, 6.07) is 17.5. The van der Waals surface area contributed by atoms with Gasteiger partial charge in [0, 0.05) is 0 Å². The molecule has 0 bridgehead atoms. The van der Waals surface area contributed by atoms with Crippen LogP contribution in [0, 0.1) is 13.8 Å². The molecule has 0 saturated carbocycles. The highest BCUT2D eigenvalue weighted by Gasteiger charge is 1.95. The molecule has 0 spiro atoms. The second-order valence-corrected chi connectivity index (χ2v) is 5.24. The Labute approximate surface area is 122 Å². The monoisotopic (exact) mass is 262 g/mol. The lowest BCUT2D eigenvalue weighted by Gasteiger charge is -2.03. The quantitative estimate of drug-likeness (QED) is 0.680. The summed E-state index contributed by atoms with van der Waals surface area (Å²) in [6.45, 7) is 4.24. The van der Waals surface area contributed by atoms with Gasteiger partial charge < -0.3 is 0 Å². The SMILES string of the molecule is C1=CCC=C1.Cc1ccc(Cc2ccc(C)cc2)cc1. The Morgan fingerprint density at radius 3 is 1.35 bits per heavy atom. The largest absolute Gasteiger partial charge is 0.0808 e. The van der Waals surface area contributed by atoms with E-state index in [1.807, 2.05) is 0 Å². The third-order valence-corrected chi connectivity index (χ3v) is 3.30. The standard InChI is InChI=1S/C15H16.C5H6/c1-12-3-7-14(8-4-12)11-15-9-5-13(2)6-10-15;1-2-4-5-3-1/h3-10H,11H2,1-2H3;1-4H,5H2. The zero-order chi connectivity index (χ0) is 14.2. The molecule has 0 amide bonds. The molecule has 20 heavy (non-hydrogen) atoms. The molecule has 2 aromatic rings. The fraction of sp³-hybridized carbons (Fsp3) is 0.200. The van der Waals surface area contributed by atoms with Crippen molar-refractivity contribution in [3.63, 3.8) is 0 Å². The predicted molar refractivity (Wildman–Crippen MR) is 88.1 cm³/mol. The second kappa shape index (κ2) is 7.49. The molecule has 0 heteroatoms. The van der Waals surface area contributed by atoms with Crippen LogP contribution in [0.15, 0.2) is 72.8 Å². The molecule has 0 radical (unpaired) electrons. The summed E-state index contributed by atoms with van der Waals surface area (Å²) in [6.07, 6.45) is 10.5. The van der Waals surface area contributed by atoms with Crippen molar-refractivity contribution in [1.29, 1.82) is 0 Å². The molecule has 0 aliphatic heterocycles. The van der Waals surface area contributed by atoms with E-state index >= 15 is 0 Å². The summed E-state index contributed by atoms with van der Waals surface area (Å²) in [5.74, 6) is 0. The maximum atomic E-state index is 2.20. The molecule has 0 aromatic heterocycles. The molecule has 0 atom stereocenters. The van der Waals surface area contributed by atoms with Gasteiger partial charge in [-0.3, -0.25) is 0 Å². The number of benzene rings is 2. The minimum absolute atomic E-state index is 1.03. The van der Waals surface area contributed by atoms with E-state index in [1.165, 1.54) is 22.3 Å². The molecule has 1 aliphatic carbocycles. The van der Waals surface area contributed by atoms with Crippen molar-refractivity contribution in [2.24, 2.45) is 0 Å². The van der Waals surface area contributed by atoms with Crippen molar-refractivity contribution in [1.82, 2.24) is 0 Å². The Kier molecular flexibility index (Phi) is 5.37. The maximum absolute atomic E-state index is 2.20. The van der Waals surface area contributed by atoms with Gasteiger partial charge in [0.15, 0.2) is 0 Å². The highest BCUT2D eigenvalue weighted by atomic mass is 14.0. The smallest absolute Gasteiger partial charge is 0.00258 e. The molecule has 0 fully saturated rings. The molecule has 2 aromatic carbocycles. The Bertz CT molecular complexity index is 515. The van der Waals surface area contributed by atoms with Crippen LogP contribution in [0.3, 0.4) is 0 Å². The lowest BCUT2D eigenvalue weighted by atomic mass is 10.0. The topological polar surface area (TPSA) is 0 Å². The third kappa shape index (κ3) is 4.89. The summed E-state index contributed by atoms with van der Waals surface area (Å²) in [5, 5.41) is 0. The van der Waals surface area contributed by atoms with E-state index in [0.717, 1.165) is 12.8 Å². The molecule has 0 nitrogen and oxygen atoms in total. The first-order chi connectivity index (χ1) is 9.74. The summed E-state index contributed by atoms with van der Waals surface area (Å²) in [4.78, 5) is 0. The van der Waals surface area contributed by atoms with Crippen LogP contribution >= 0.6 is 0 Å². The highest BCUT2D eigenvalue weighted by Crippen LogP contribution is 2.11. The Morgan fingerprint density at radius 2 is 1.05 bits per heavy atom. The van der Waals surface area contributed by atoms with Crippen LogP contribution < -0.4 is 0 Å². The molecule has 102 valence electrons. The van der Waals surface area contributed by atoms with E-state index in [4.69, 9.17) is 0 Å². The van der Waals surface area contributed by atoms with Gasteiger partial charge in [-0.05, 0) is 37.8 Å². The minimum atomic E-state index is 1.03. The lowest BCUT2D eigenvalue weighted by molar-refractivity contribution is 1.18. The maximum Gasteiger partial charge on any atom is -0.00258 e. The Hall–Kier alpha value is -2.08. The van der Waals surface area contributed by atoms with Crippen molar-refractivity contribution < 1.29 is 0 Å². The fourth-order valence-corrected chi connectivity index (χ4v) is 2.04. The van der Waals surface area contributed by atoms with Crippen LogP contribution in [0.4, 0.5) is 0 Å². The van der Waals surface area contributed by atoms with Gasteiger partial charge in [0.25, 0.3) is 0 Å². The summed E-state index contributed by atoms with van der Waals surface area (Å²) >= 11 is 0. The summed E-state index contributed by atoms with van der Waals surface area (Å²) in [5.41, 5.74) is 5.40. The van der Waals surface area contributed by atoms with Crippen molar-refractivity contribution in [3.8, 4) is 0 Å². The highest BCUT2D eigenvalue weighted by molar-refractivity contribution is 5.29. The van der Waals surface area contributed by atoms with Gasteiger partial charge in [-0.25, -0.2) is 0 Å². The first kappa shape index (κ1) is 14.3. The van der Waals surface area contributed by atoms with E-state index in [0.29, 0.717) is 0 Å². The van der Waals surface area contributed by atoms with Crippen molar-refractivity contribution in [3.05, 3.63) is 95.1 Å². The molecular formula is C20H22. The van der Waals surface area contributed by atoms with Crippen LogP contribution in [-0.2, 0) is 6.42 Å². The predicted octanol–water partition coefficient (Wildman–Crippen LogP) is 5.40. The zero-order valence-electron chi connectivity index (χ0n) is 12.3. The van der Waals surface area contributed by atoms with Crippen LogP contribution in [0.2, 0.25) is 0 Å². The number of rotatable bonds is 2. The Morgan fingerprint density at radius 1 is 0.650 bits per heavy atom. The van der Waals surface area contributed by atoms with Gasteiger partial charge in [0.2, 0.25) is 0 Å². The van der Waals surface area contributed by atoms with Gasteiger partial charge in [-0.1, -0.05) is 84.0 Å². The number of hydrogen-bond donors (Lipinski definition) is 0. The molecule has 0 N–H and O–H groups in total.